The maximum absolute atomic E-state index is 5.26. The third kappa shape index (κ3) is 2.36. The molecule has 0 saturated heterocycles. The van der Waals surface area contributed by atoms with Gasteiger partial charge in [0.05, 0.1) is 13.8 Å². The summed E-state index contributed by atoms with van der Waals surface area (Å²) in [6.45, 7) is 5.98. The summed E-state index contributed by atoms with van der Waals surface area (Å²) in [5.41, 5.74) is 1.26. The molecule has 1 rings (SSSR count). The van der Waals surface area contributed by atoms with E-state index < -0.39 is 0 Å². The fourth-order valence-corrected chi connectivity index (χ4v) is 0.996. The summed E-state index contributed by atoms with van der Waals surface area (Å²) < 4.78 is 5.26. The van der Waals surface area contributed by atoms with Crippen LogP contribution >= 0.6 is 12.4 Å². The van der Waals surface area contributed by atoms with Gasteiger partial charge in [0.25, 0.3) is 0 Å². The van der Waals surface area contributed by atoms with E-state index in [0.717, 1.165) is 11.5 Å². The average Bonchev–Trinajstić information content (AvgIpc) is 1.59. The minimum atomic E-state index is 0. The van der Waals surface area contributed by atoms with E-state index in [2.05, 4.69) is 6.92 Å². The number of hydrogen-bond acceptors (Lipinski definition) is 0. The van der Waals surface area contributed by atoms with E-state index in [0.29, 0.717) is 0 Å². The molecular weight excluding hydrogens is 148 g/mol. The first kappa shape index (κ1) is 9.44. The third-order valence-electron chi connectivity index (χ3n) is 1.18. The molecular formula is C8H12ClO+. The highest BCUT2D eigenvalue weighted by Crippen LogP contribution is 2.06. The first-order valence-corrected chi connectivity index (χ1v) is 3.06. The average molecular weight is 160 g/mol. The predicted octanol–water partition coefficient (Wildman–Crippen LogP) is 2.91. The molecule has 0 saturated carbocycles. The maximum atomic E-state index is 5.26. The molecule has 0 bridgehead atoms. The molecule has 10 heavy (non-hydrogen) atoms. The van der Waals surface area contributed by atoms with Crippen LogP contribution in [0.5, 0.6) is 0 Å². The van der Waals surface area contributed by atoms with Crippen molar-refractivity contribution >= 4 is 12.4 Å². The molecule has 1 nitrogen and oxygen atoms in total. The molecule has 0 spiro atoms. The molecule has 0 aliphatic carbocycles. The summed E-state index contributed by atoms with van der Waals surface area (Å²) in [7, 11) is 0. The van der Waals surface area contributed by atoms with E-state index in [1.54, 1.807) is 0 Å². The highest BCUT2D eigenvalue weighted by atomic mass is 35.5. The molecule has 0 fully saturated rings. The van der Waals surface area contributed by atoms with Gasteiger partial charge in [0.2, 0.25) is 0 Å². The lowest BCUT2D eigenvalue weighted by atomic mass is 10.2. The van der Waals surface area contributed by atoms with Crippen molar-refractivity contribution in [2.75, 3.05) is 0 Å². The first-order valence-electron chi connectivity index (χ1n) is 3.06. The summed E-state index contributed by atoms with van der Waals surface area (Å²) in [5.74, 6) is 1.96. The molecule has 1 aromatic heterocycles. The molecule has 0 radical (unpaired) electrons. The smallest absolute Gasteiger partial charge is 0.218 e. The van der Waals surface area contributed by atoms with Crippen LogP contribution in [0.25, 0.3) is 0 Å². The van der Waals surface area contributed by atoms with Crippen molar-refractivity contribution in [2.24, 2.45) is 0 Å². The summed E-state index contributed by atoms with van der Waals surface area (Å²) >= 11 is 0. The molecule has 0 atom stereocenters. The highest BCUT2D eigenvalue weighted by molar-refractivity contribution is 5.85. The van der Waals surface area contributed by atoms with Crippen molar-refractivity contribution in [3.8, 4) is 0 Å². The minimum Gasteiger partial charge on any atom is -0.218 e. The fraction of sp³-hybridized carbons (Fsp3) is 0.375. The Bertz CT molecular complexity index is 170. The summed E-state index contributed by atoms with van der Waals surface area (Å²) in [6, 6.07) is 4.04. The van der Waals surface area contributed by atoms with Crippen LogP contribution < -0.4 is 0 Å². The largest absolute Gasteiger partial charge is 0.326 e. The van der Waals surface area contributed by atoms with Crippen LogP contribution in [0.4, 0.5) is 0 Å². The normalized spacial score (nSPS) is 8.70. The third-order valence-corrected chi connectivity index (χ3v) is 1.18. The van der Waals surface area contributed by atoms with E-state index >= 15 is 0 Å². The van der Waals surface area contributed by atoms with Gasteiger partial charge >= 0.3 is 11.5 Å². The maximum Gasteiger partial charge on any atom is 0.326 e. The van der Waals surface area contributed by atoms with Crippen molar-refractivity contribution in [2.45, 2.75) is 20.8 Å². The van der Waals surface area contributed by atoms with Gasteiger partial charge in [0.1, 0.15) is 0 Å². The van der Waals surface area contributed by atoms with Gasteiger partial charge in [-0.3, -0.25) is 0 Å². The summed E-state index contributed by atoms with van der Waals surface area (Å²) in [6.07, 6.45) is 0. The zero-order valence-electron chi connectivity index (χ0n) is 6.47. The second-order valence-electron chi connectivity index (χ2n) is 2.36. The summed E-state index contributed by atoms with van der Waals surface area (Å²) in [5, 5.41) is 0. The molecule has 0 aliphatic rings. The van der Waals surface area contributed by atoms with E-state index in [1.807, 2.05) is 26.0 Å². The lowest BCUT2D eigenvalue weighted by Crippen LogP contribution is -1.78. The van der Waals surface area contributed by atoms with Crippen LogP contribution in [-0.4, -0.2) is 0 Å². The monoisotopic (exact) mass is 159 g/mol. The van der Waals surface area contributed by atoms with Crippen LogP contribution in [-0.2, 0) is 0 Å². The molecule has 0 unspecified atom stereocenters. The number of rotatable bonds is 0. The van der Waals surface area contributed by atoms with Crippen LogP contribution in [0, 0.1) is 20.8 Å². The minimum absolute atomic E-state index is 0. The van der Waals surface area contributed by atoms with Crippen LogP contribution in [0.3, 0.4) is 0 Å². The lowest BCUT2D eigenvalue weighted by molar-refractivity contribution is 0.484. The van der Waals surface area contributed by atoms with Crippen molar-refractivity contribution in [1.29, 1.82) is 0 Å². The Morgan fingerprint density at radius 3 is 1.70 bits per heavy atom. The van der Waals surface area contributed by atoms with Gasteiger partial charge < -0.3 is 0 Å². The summed E-state index contributed by atoms with van der Waals surface area (Å²) in [4.78, 5) is 0. The van der Waals surface area contributed by atoms with Crippen LogP contribution in [0.2, 0.25) is 0 Å². The molecule has 1 aromatic rings. The predicted molar refractivity (Wildman–Crippen MR) is 44.6 cm³/mol. The quantitative estimate of drug-likeness (QED) is 0.530. The Kier molecular flexibility index (Phi) is 3.37. The van der Waals surface area contributed by atoms with Gasteiger partial charge in [-0.1, -0.05) is 0 Å². The number of hydrogen-bond donors (Lipinski definition) is 0. The Morgan fingerprint density at radius 1 is 1.00 bits per heavy atom. The molecule has 0 amide bonds. The first-order chi connectivity index (χ1) is 4.18. The van der Waals surface area contributed by atoms with Gasteiger partial charge in [-0.2, -0.15) is 0 Å². The van der Waals surface area contributed by atoms with Gasteiger partial charge in [0, 0.05) is 12.1 Å². The highest BCUT2D eigenvalue weighted by Gasteiger charge is 2.03. The van der Waals surface area contributed by atoms with Gasteiger partial charge in [-0.15, -0.1) is 12.4 Å². The topological polar surface area (TPSA) is 11.3 Å². The number of aryl methyl sites for hydroxylation is 3. The fourth-order valence-electron chi connectivity index (χ4n) is 0.996. The van der Waals surface area contributed by atoms with Crippen molar-refractivity contribution < 1.29 is 4.42 Å². The van der Waals surface area contributed by atoms with Crippen LogP contribution in [0.1, 0.15) is 17.1 Å². The molecule has 1 heterocycles. The Labute approximate surface area is 67.5 Å². The van der Waals surface area contributed by atoms with E-state index in [-0.39, 0.29) is 12.4 Å². The second-order valence-corrected chi connectivity index (χ2v) is 2.36. The zero-order chi connectivity index (χ0) is 6.85. The van der Waals surface area contributed by atoms with Crippen LogP contribution in [0.15, 0.2) is 16.5 Å². The number of halogens is 1. The van der Waals surface area contributed by atoms with Gasteiger partial charge in [-0.25, -0.2) is 4.42 Å². The zero-order valence-corrected chi connectivity index (χ0v) is 7.29. The van der Waals surface area contributed by atoms with E-state index in [4.69, 9.17) is 4.42 Å². The van der Waals surface area contributed by atoms with Gasteiger partial charge in [0.15, 0.2) is 0 Å². The van der Waals surface area contributed by atoms with Crippen molar-refractivity contribution in [1.82, 2.24) is 0 Å². The SMILES string of the molecule is Cc1cc(C)[o+]c(C)c1.Cl. The molecule has 56 valence electrons. The van der Waals surface area contributed by atoms with Crippen molar-refractivity contribution in [3.05, 3.63) is 29.2 Å². The molecule has 0 aliphatic heterocycles. The van der Waals surface area contributed by atoms with E-state index in [1.165, 1.54) is 5.56 Å². The lowest BCUT2D eigenvalue weighted by Gasteiger charge is -1.84. The molecule has 0 N–H and O–H groups in total. The molecule has 2 heteroatoms. The molecule has 0 aromatic carbocycles. The van der Waals surface area contributed by atoms with Gasteiger partial charge in [-0.05, 0) is 12.5 Å². The standard InChI is InChI=1S/C8H11O.ClH/c1-6-4-7(2)9-8(3)5-6;/h4-5H,1-3H3;1H/q+1;. The Hall–Kier alpha value is -0.560. The Morgan fingerprint density at radius 2 is 1.40 bits per heavy atom. The van der Waals surface area contributed by atoms with Crippen molar-refractivity contribution in [3.63, 3.8) is 0 Å². The second kappa shape index (κ2) is 3.57. The Balaban J connectivity index is 0.000000810. The van der Waals surface area contributed by atoms with E-state index in [9.17, 15) is 0 Å².